The molecule has 4 rings (SSSR count). The summed E-state index contributed by atoms with van der Waals surface area (Å²) in [5.41, 5.74) is 2.54. The zero-order valence-corrected chi connectivity index (χ0v) is 15.6. The number of ether oxygens (including phenoxy) is 1. The van der Waals surface area contributed by atoms with E-state index < -0.39 is 11.6 Å². The summed E-state index contributed by atoms with van der Waals surface area (Å²) in [4.78, 5) is 36.6. The third-order valence-corrected chi connectivity index (χ3v) is 4.96. The Hall–Kier alpha value is -3.47. The van der Waals surface area contributed by atoms with Gasteiger partial charge in [0.25, 0.3) is 0 Å². The molecule has 0 saturated heterocycles. The van der Waals surface area contributed by atoms with Gasteiger partial charge in [-0.1, -0.05) is 31.2 Å². The van der Waals surface area contributed by atoms with Crippen LogP contribution in [-0.4, -0.2) is 17.3 Å². The van der Waals surface area contributed by atoms with Crippen LogP contribution in [0.2, 0.25) is 0 Å². The largest absolute Gasteiger partial charge is 0.486 e. The molecule has 0 fully saturated rings. The molecule has 0 atom stereocenters. The molecule has 0 amide bonds. The van der Waals surface area contributed by atoms with Gasteiger partial charge in [-0.05, 0) is 31.2 Å². The normalized spacial score (nSPS) is 12.5. The maximum absolute atomic E-state index is 12.5. The summed E-state index contributed by atoms with van der Waals surface area (Å²) in [6.45, 7) is 3.69. The van der Waals surface area contributed by atoms with Gasteiger partial charge in [-0.2, -0.15) is 0 Å². The topological polar surface area (TPSA) is 73.6 Å². The zero-order valence-electron chi connectivity index (χ0n) is 15.6. The van der Waals surface area contributed by atoms with Gasteiger partial charge in [-0.3, -0.25) is 14.4 Å². The lowest BCUT2D eigenvalue weighted by Crippen LogP contribution is -2.20. The average molecular weight is 374 g/mol. The molecule has 0 spiro atoms. The van der Waals surface area contributed by atoms with Crippen LogP contribution in [-0.2, 0) is 6.61 Å². The van der Waals surface area contributed by atoms with Crippen molar-refractivity contribution in [3.63, 3.8) is 0 Å². The van der Waals surface area contributed by atoms with Crippen molar-refractivity contribution in [3.8, 4) is 17.1 Å². The first kappa shape index (κ1) is 17.9. The van der Waals surface area contributed by atoms with Gasteiger partial charge >= 0.3 is 0 Å². The van der Waals surface area contributed by atoms with E-state index >= 15 is 0 Å². The molecule has 5 heteroatoms. The Bertz CT molecular complexity index is 1100. The lowest BCUT2D eigenvalue weighted by Gasteiger charge is -2.12. The molecule has 1 aliphatic rings. The van der Waals surface area contributed by atoms with Crippen molar-refractivity contribution < 1.29 is 23.5 Å². The van der Waals surface area contributed by atoms with E-state index in [-0.39, 0.29) is 12.4 Å². The van der Waals surface area contributed by atoms with Crippen molar-refractivity contribution in [1.82, 2.24) is 0 Å². The highest BCUT2D eigenvalue weighted by atomic mass is 16.5. The Labute approximate surface area is 161 Å². The summed E-state index contributed by atoms with van der Waals surface area (Å²) >= 11 is 0. The molecule has 1 aromatic heterocycles. The first-order chi connectivity index (χ1) is 13.5. The van der Waals surface area contributed by atoms with Crippen LogP contribution in [0.15, 0.2) is 52.9 Å². The van der Waals surface area contributed by atoms with Crippen LogP contribution >= 0.6 is 0 Å². The number of rotatable bonds is 5. The number of fused-ring (bicyclic) bond motifs is 3. The number of ketones is 3. The summed E-state index contributed by atoms with van der Waals surface area (Å²) in [6.07, 6.45) is 0.450. The maximum Gasteiger partial charge on any atom is 0.237 e. The Morgan fingerprint density at radius 2 is 1.64 bits per heavy atom. The monoisotopic (exact) mass is 374 g/mol. The fourth-order valence-electron chi connectivity index (χ4n) is 3.37. The molecular formula is C23H18O5. The van der Waals surface area contributed by atoms with E-state index in [2.05, 4.69) is 0 Å². The number of Topliss-reactive ketones (excluding diaryl/α,β-unsaturated/α-hetero) is 3. The van der Waals surface area contributed by atoms with E-state index in [0.717, 1.165) is 0 Å². The Morgan fingerprint density at radius 1 is 0.964 bits per heavy atom. The minimum Gasteiger partial charge on any atom is -0.486 e. The fourth-order valence-corrected chi connectivity index (χ4v) is 3.37. The molecule has 28 heavy (non-hydrogen) atoms. The van der Waals surface area contributed by atoms with Gasteiger partial charge in [0.15, 0.2) is 5.78 Å². The predicted octanol–water partition coefficient (Wildman–Crippen LogP) is 4.81. The lowest BCUT2D eigenvalue weighted by molar-refractivity contribution is 0.0814. The van der Waals surface area contributed by atoms with Gasteiger partial charge in [-0.15, -0.1) is 0 Å². The highest BCUT2D eigenvalue weighted by Gasteiger charge is 2.35. The quantitative estimate of drug-likeness (QED) is 0.473. The van der Waals surface area contributed by atoms with Crippen LogP contribution in [0.5, 0.6) is 5.75 Å². The number of hydrogen-bond acceptors (Lipinski definition) is 5. The van der Waals surface area contributed by atoms with Crippen molar-refractivity contribution in [2.45, 2.75) is 26.9 Å². The third-order valence-electron chi connectivity index (χ3n) is 4.96. The first-order valence-corrected chi connectivity index (χ1v) is 9.08. The summed E-state index contributed by atoms with van der Waals surface area (Å²) in [6, 6.07) is 13.8. The highest BCUT2D eigenvalue weighted by molar-refractivity contribution is 6.53. The second-order valence-electron chi connectivity index (χ2n) is 6.65. The molecule has 0 saturated carbocycles. The Morgan fingerprint density at radius 3 is 2.32 bits per heavy atom. The van der Waals surface area contributed by atoms with Crippen LogP contribution in [0, 0.1) is 6.92 Å². The summed E-state index contributed by atoms with van der Waals surface area (Å²) in [7, 11) is 0. The van der Waals surface area contributed by atoms with E-state index in [4.69, 9.17) is 9.15 Å². The molecule has 0 bridgehead atoms. The van der Waals surface area contributed by atoms with Crippen LogP contribution < -0.4 is 4.74 Å². The Kier molecular flexibility index (Phi) is 4.43. The van der Waals surface area contributed by atoms with E-state index in [1.807, 2.05) is 6.92 Å². The van der Waals surface area contributed by atoms with Gasteiger partial charge in [-0.25, -0.2) is 0 Å². The molecule has 1 heterocycles. The molecule has 140 valence electrons. The molecule has 5 nitrogen and oxygen atoms in total. The standard InChI is InChI=1S/C23H18O5/c1-3-18(24)14-8-10-15(11-9-14)27-12-19-13(2)20-22(26)21(25)16-6-4-5-7-17(16)23(20)28-19/h4-11H,3,12H2,1-2H3. The van der Waals surface area contributed by atoms with Gasteiger partial charge < -0.3 is 9.15 Å². The molecule has 0 N–H and O–H groups in total. The SMILES string of the molecule is CCC(=O)c1ccc(OCc2oc3c(c2C)C(=O)C(=O)c2ccccc2-3)cc1. The average Bonchev–Trinajstić information content (AvgIpc) is 3.07. The van der Waals surface area contributed by atoms with Crippen molar-refractivity contribution in [3.05, 3.63) is 76.5 Å². The summed E-state index contributed by atoms with van der Waals surface area (Å²) < 4.78 is 11.7. The van der Waals surface area contributed by atoms with Crippen LogP contribution in [0.25, 0.3) is 11.3 Å². The molecule has 1 aliphatic carbocycles. The Balaban J connectivity index is 1.62. The number of benzene rings is 2. The van der Waals surface area contributed by atoms with Crippen LogP contribution in [0.4, 0.5) is 0 Å². The number of carbonyl (C=O) groups excluding carboxylic acids is 3. The van der Waals surface area contributed by atoms with Crippen LogP contribution in [0.3, 0.4) is 0 Å². The fraction of sp³-hybridized carbons (Fsp3) is 0.174. The number of furan rings is 1. The second-order valence-corrected chi connectivity index (χ2v) is 6.65. The molecule has 3 aromatic rings. The van der Waals surface area contributed by atoms with E-state index in [9.17, 15) is 14.4 Å². The molecule has 2 aromatic carbocycles. The van der Waals surface area contributed by atoms with Crippen molar-refractivity contribution >= 4 is 17.3 Å². The summed E-state index contributed by atoms with van der Waals surface area (Å²) in [5, 5.41) is 0. The van der Waals surface area contributed by atoms with Crippen molar-refractivity contribution in [1.29, 1.82) is 0 Å². The van der Waals surface area contributed by atoms with E-state index in [1.165, 1.54) is 0 Å². The van der Waals surface area contributed by atoms with Gasteiger partial charge in [0, 0.05) is 28.7 Å². The minimum atomic E-state index is -0.552. The van der Waals surface area contributed by atoms with E-state index in [1.54, 1.807) is 55.5 Å². The molecule has 0 aliphatic heterocycles. The number of carbonyl (C=O) groups is 3. The summed E-state index contributed by atoms with van der Waals surface area (Å²) in [5.74, 6) is 0.503. The van der Waals surface area contributed by atoms with Gasteiger partial charge in [0.05, 0.1) is 5.56 Å². The minimum absolute atomic E-state index is 0.0722. The highest BCUT2D eigenvalue weighted by Crippen LogP contribution is 2.38. The number of hydrogen-bond donors (Lipinski definition) is 0. The lowest BCUT2D eigenvalue weighted by atomic mass is 9.87. The van der Waals surface area contributed by atoms with E-state index in [0.29, 0.717) is 51.5 Å². The van der Waals surface area contributed by atoms with Gasteiger partial charge in [0.2, 0.25) is 11.6 Å². The predicted molar refractivity (Wildman–Crippen MR) is 103 cm³/mol. The third kappa shape index (κ3) is 2.85. The maximum atomic E-state index is 12.5. The second kappa shape index (κ2) is 6.93. The van der Waals surface area contributed by atoms with Gasteiger partial charge in [0.1, 0.15) is 23.9 Å². The molecule has 0 unspecified atom stereocenters. The smallest absolute Gasteiger partial charge is 0.237 e. The van der Waals surface area contributed by atoms with Crippen LogP contribution in [0.1, 0.15) is 55.7 Å². The van der Waals surface area contributed by atoms with Crippen molar-refractivity contribution in [2.75, 3.05) is 0 Å². The first-order valence-electron chi connectivity index (χ1n) is 9.08. The molecular weight excluding hydrogens is 356 g/mol. The van der Waals surface area contributed by atoms with Crippen molar-refractivity contribution in [2.24, 2.45) is 0 Å². The zero-order chi connectivity index (χ0) is 19.8. The molecule has 0 radical (unpaired) electrons.